The van der Waals surface area contributed by atoms with E-state index in [1.54, 1.807) is 6.92 Å². The van der Waals surface area contributed by atoms with Crippen molar-refractivity contribution < 1.29 is 19.8 Å². The van der Waals surface area contributed by atoms with Crippen LogP contribution >= 0.6 is 0 Å². The van der Waals surface area contributed by atoms with E-state index in [9.17, 15) is 19.8 Å². The maximum absolute atomic E-state index is 11.8. The zero-order valence-electron chi connectivity index (χ0n) is 12.6. The Kier molecular flexibility index (Phi) is 4.53. The summed E-state index contributed by atoms with van der Waals surface area (Å²) in [6.45, 7) is 1.62. The van der Waals surface area contributed by atoms with Gasteiger partial charge in [-0.2, -0.15) is 0 Å². The molecule has 120 valence electrons. The molecule has 6 nitrogen and oxygen atoms in total. The van der Waals surface area contributed by atoms with Gasteiger partial charge in [-0.1, -0.05) is 37.3 Å². The van der Waals surface area contributed by atoms with Gasteiger partial charge < -0.3 is 21.3 Å². The van der Waals surface area contributed by atoms with Crippen molar-refractivity contribution in [2.45, 2.75) is 31.9 Å². The summed E-state index contributed by atoms with van der Waals surface area (Å²) < 4.78 is 0. The first-order valence-electron chi connectivity index (χ1n) is 7.33. The molecule has 1 fully saturated rings. The number of benzene rings is 1. The molecule has 2 rings (SSSR count). The van der Waals surface area contributed by atoms with E-state index < -0.39 is 23.0 Å². The Hall–Kier alpha value is -1.92. The highest BCUT2D eigenvalue weighted by Crippen LogP contribution is 2.40. The molecule has 3 atom stereocenters. The van der Waals surface area contributed by atoms with Crippen molar-refractivity contribution in [3.63, 3.8) is 0 Å². The van der Waals surface area contributed by atoms with Gasteiger partial charge in [0.15, 0.2) is 0 Å². The van der Waals surface area contributed by atoms with Gasteiger partial charge in [0.05, 0.1) is 5.41 Å². The third-order valence-corrected chi connectivity index (χ3v) is 4.73. The Bertz CT molecular complexity index is 547. The number of nitrogens with one attached hydrogen (secondary N) is 1. The second-order valence-electron chi connectivity index (χ2n) is 6.11. The lowest BCUT2D eigenvalue weighted by molar-refractivity contribution is -0.165. The molecule has 0 aromatic heterocycles. The van der Waals surface area contributed by atoms with Crippen LogP contribution in [0, 0.1) is 11.3 Å². The SMILES string of the molecule is C[C@@H]([C@]1(C(=O)O)CCC(=O)NC1)[C@@](N)(O)Cc1ccccc1. The van der Waals surface area contributed by atoms with Crippen LogP contribution in [0.5, 0.6) is 0 Å². The lowest BCUT2D eigenvalue weighted by Crippen LogP contribution is -2.61. The lowest BCUT2D eigenvalue weighted by atomic mass is 9.66. The van der Waals surface area contributed by atoms with Gasteiger partial charge in [0, 0.05) is 25.3 Å². The number of nitrogens with two attached hydrogens (primary N) is 1. The summed E-state index contributed by atoms with van der Waals surface area (Å²) in [6.07, 6.45) is 0.444. The zero-order chi connectivity index (χ0) is 16.4. The zero-order valence-corrected chi connectivity index (χ0v) is 12.6. The molecule has 1 aromatic rings. The highest BCUT2D eigenvalue weighted by Gasteiger charge is 2.52. The Morgan fingerprint density at radius 3 is 2.59 bits per heavy atom. The lowest BCUT2D eigenvalue weighted by Gasteiger charge is -2.44. The van der Waals surface area contributed by atoms with Crippen molar-refractivity contribution in [1.82, 2.24) is 5.32 Å². The topological polar surface area (TPSA) is 113 Å². The average molecular weight is 306 g/mol. The van der Waals surface area contributed by atoms with Crippen LogP contribution in [0.15, 0.2) is 30.3 Å². The number of carboxylic acid groups (broad SMARTS) is 1. The number of hydrogen-bond donors (Lipinski definition) is 4. The number of carbonyl (C=O) groups is 2. The first kappa shape index (κ1) is 16.5. The number of piperidine rings is 1. The van der Waals surface area contributed by atoms with Crippen LogP contribution in [0.2, 0.25) is 0 Å². The monoisotopic (exact) mass is 306 g/mol. The average Bonchev–Trinajstić information content (AvgIpc) is 2.48. The normalized spacial score (nSPS) is 25.9. The van der Waals surface area contributed by atoms with Crippen LogP contribution in [0.3, 0.4) is 0 Å². The summed E-state index contributed by atoms with van der Waals surface area (Å²) in [7, 11) is 0. The number of amides is 1. The van der Waals surface area contributed by atoms with Crippen LogP contribution in [-0.2, 0) is 16.0 Å². The van der Waals surface area contributed by atoms with E-state index in [2.05, 4.69) is 5.32 Å². The molecule has 0 radical (unpaired) electrons. The standard InChI is InChI=1S/C16H22N2O4/c1-11(15(14(20)21)8-7-13(19)18-10-15)16(17,22)9-12-5-3-2-4-6-12/h2-6,11,22H,7-10,17H2,1H3,(H,18,19)(H,20,21)/t11-,15-,16-/m0/s1. The molecule has 5 N–H and O–H groups in total. The Morgan fingerprint density at radius 1 is 1.45 bits per heavy atom. The number of aliphatic carboxylic acids is 1. The van der Waals surface area contributed by atoms with Gasteiger partial charge in [0.25, 0.3) is 0 Å². The summed E-state index contributed by atoms with van der Waals surface area (Å²) in [6, 6.07) is 9.20. The molecular formula is C16H22N2O4. The fourth-order valence-corrected chi connectivity index (χ4v) is 3.06. The first-order chi connectivity index (χ1) is 10.3. The van der Waals surface area contributed by atoms with Crippen molar-refractivity contribution in [3.8, 4) is 0 Å². The van der Waals surface area contributed by atoms with E-state index in [1.807, 2.05) is 30.3 Å². The summed E-state index contributed by atoms with van der Waals surface area (Å²) in [4.78, 5) is 23.1. The second-order valence-corrected chi connectivity index (χ2v) is 6.11. The molecule has 1 aliphatic rings. The van der Waals surface area contributed by atoms with Gasteiger partial charge in [-0.15, -0.1) is 0 Å². The molecule has 1 amide bonds. The van der Waals surface area contributed by atoms with Gasteiger partial charge in [0.1, 0.15) is 5.72 Å². The maximum Gasteiger partial charge on any atom is 0.311 e. The molecule has 0 aliphatic carbocycles. The minimum atomic E-state index is -1.68. The molecule has 1 heterocycles. The van der Waals surface area contributed by atoms with Crippen molar-refractivity contribution in [2.75, 3.05) is 6.54 Å². The number of rotatable bonds is 5. The Morgan fingerprint density at radius 2 is 2.09 bits per heavy atom. The molecule has 1 aromatic carbocycles. The van der Waals surface area contributed by atoms with Gasteiger partial charge in [-0.3, -0.25) is 9.59 Å². The minimum absolute atomic E-state index is 0.0172. The van der Waals surface area contributed by atoms with Crippen LogP contribution in [0.25, 0.3) is 0 Å². The van der Waals surface area contributed by atoms with Crippen molar-refractivity contribution in [1.29, 1.82) is 0 Å². The highest BCUT2D eigenvalue weighted by atomic mass is 16.4. The van der Waals surface area contributed by atoms with E-state index >= 15 is 0 Å². The maximum atomic E-state index is 11.8. The summed E-state index contributed by atoms with van der Waals surface area (Å²) in [5.41, 5.74) is 3.96. The van der Waals surface area contributed by atoms with Crippen LogP contribution in [-0.4, -0.2) is 34.4 Å². The largest absolute Gasteiger partial charge is 0.481 e. The van der Waals surface area contributed by atoms with Crippen LogP contribution in [0.4, 0.5) is 0 Å². The van der Waals surface area contributed by atoms with Gasteiger partial charge >= 0.3 is 5.97 Å². The molecule has 0 bridgehead atoms. The molecule has 1 saturated heterocycles. The molecule has 0 saturated carbocycles. The third kappa shape index (κ3) is 3.13. The molecular weight excluding hydrogens is 284 g/mol. The van der Waals surface area contributed by atoms with E-state index in [0.717, 1.165) is 5.56 Å². The Labute approximate surface area is 129 Å². The van der Waals surface area contributed by atoms with Gasteiger partial charge in [-0.25, -0.2) is 0 Å². The molecule has 0 spiro atoms. The van der Waals surface area contributed by atoms with Crippen LogP contribution < -0.4 is 11.1 Å². The van der Waals surface area contributed by atoms with Gasteiger partial charge in [0.2, 0.25) is 5.91 Å². The second kappa shape index (κ2) is 6.06. The third-order valence-electron chi connectivity index (χ3n) is 4.73. The molecule has 0 unspecified atom stereocenters. The van der Waals surface area contributed by atoms with Crippen LogP contribution in [0.1, 0.15) is 25.3 Å². The predicted molar refractivity (Wildman–Crippen MR) is 80.8 cm³/mol. The minimum Gasteiger partial charge on any atom is -0.481 e. The molecule has 1 aliphatic heterocycles. The molecule has 6 heteroatoms. The fourth-order valence-electron chi connectivity index (χ4n) is 3.06. The van der Waals surface area contributed by atoms with Crippen molar-refractivity contribution >= 4 is 11.9 Å². The van der Waals surface area contributed by atoms with E-state index in [-0.39, 0.29) is 31.7 Å². The van der Waals surface area contributed by atoms with Gasteiger partial charge in [-0.05, 0) is 12.0 Å². The van der Waals surface area contributed by atoms with E-state index in [4.69, 9.17) is 5.73 Å². The van der Waals surface area contributed by atoms with Crippen molar-refractivity contribution in [2.24, 2.45) is 17.1 Å². The van der Waals surface area contributed by atoms with Crippen molar-refractivity contribution in [3.05, 3.63) is 35.9 Å². The number of hydrogen-bond acceptors (Lipinski definition) is 4. The smallest absolute Gasteiger partial charge is 0.311 e. The number of carbonyl (C=O) groups excluding carboxylic acids is 1. The van der Waals surface area contributed by atoms with E-state index in [0.29, 0.717) is 0 Å². The Balaban J connectivity index is 2.24. The number of carboxylic acids is 1. The fraction of sp³-hybridized carbons (Fsp3) is 0.500. The summed E-state index contributed by atoms with van der Waals surface area (Å²) >= 11 is 0. The predicted octanol–water partition coefficient (Wildman–Crippen LogP) is 0.494. The summed E-state index contributed by atoms with van der Waals surface area (Å²) in [5, 5.41) is 22.9. The molecule has 22 heavy (non-hydrogen) atoms. The van der Waals surface area contributed by atoms with E-state index in [1.165, 1.54) is 0 Å². The quantitative estimate of drug-likeness (QED) is 0.592. The first-order valence-corrected chi connectivity index (χ1v) is 7.33. The summed E-state index contributed by atoms with van der Waals surface area (Å²) in [5.74, 6) is -1.94. The number of aliphatic hydroxyl groups is 1. The highest BCUT2D eigenvalue weighted by molar-refractivity contribution is 5.82.